The number of rotatable bonds is 5. The molecule has 0 saturated heterocycles. The molecule has 0 bridgehead atoms. The maximum Gasteiger partial charge on any atom is 0.227 e. The standard InChI is InChI=1S/C49H30N2OS/c1-3-11-34(12-4-1)49-50-43-26-23-33-20-19-32-22-24-38(29-41(32)46(33)48(43)52-49)51(37-14-5-2-6-15-37)39-25-27-44-42(30-39)47-40(16-9-17-45(47)53-44)36-21-18-31-10-7-8-13-35(31)28-36/h1-30H. The average Bonchev–Trinajstić information content (AvgIpc) is 3.83. The highest BCUT2D eigenvalue weighted by molar-refractivity contribution is 7.26. The first-order valence-corrected chi connectivity index (χ1v) is 18.7. The van der Waals surface area contributed by atoms with Gasteiger partial charge in [-0.15, -0.1) is 11.3 Å². The van der Waals surface area contributed by atoms with E-state index in [0.29, 0.717) is 5.89 Å². The van der Waals surface area contributed by atoms with Gasteiger partial charge in [-0.3, -0.25) is 0 Å². The zero-order valence-corrected chi connectivity index (χ0v) is 29.3. The molecule has 11 aromatic rings. The lowest BCUT2D eigenvalue weighted by Crippen LogP contribution is -2.09. The van der Waals surface area contributed by atoms with Crippen molar-refractivity contribution < 1.29 is 4.42 Å². The van der Waals surface area contributed by atoms with Gasteiger partial charge in [0.15, 0.2) is 5.58 Å². The second-order valence-electron chi connectivity index (χ2n) is 13.6. The van der Waals surface area contributed by atoms with Gasteiger partial charge in [-0.05, 0) is 111 Å². The Morgan fingerprint density at radius 2 is 1.13 bits per heavy atom. The van der Waals surface area contributed by atoms with E-state index in [0.717, 1.165) is 55.3 Å². The van der Waals surface area contributed by atoms with Crippen LogP contribution in [-0.4, -0.2) is 4.98 Å². The van der Waals surface area contributed by atoms with Crippen molar-refractivity contribution in [1.82, 2.24) is 4.98 Å². The average molecular weight is 695 g/mol. The number of benzene rings is 9. The molecule has 0 N–H and O–H groups in total. The molecule has 4 heteroatoms. The van der Waals surface area contributed by atoms with Crippen LogP contribution in [0.4, 0.5) is 17.1 Å². The monoisotopic (exact) mass is 694 g/mol. The molecule has 0 spiro atoms. The Morgan fingerprint density at radius 3 is 2.00 bits per heavy atom. The van der Waals surface area contributed by atoms with Crippen molar-refractivity contribution in [3.05, 3.63) is 182 Å². The summed E-state index contributed by atoms with van der Waals surface area (Å²) in [5.74, 6) is 0.631. The van der Waals surface area contributed by atoms with Crippen LogP contribution in [-0.2, 0) is 0 Å². The molecule has 3 nitrogen and oxygen atoms in total. The number of hydrogen-bond acceptors (Lipinski definition) is 4. The smallest absolute Gasteiger partial charge is 0.227 e. The van der Waals surface area contributed by atoms with Crippen molar-refractivity contribution >= 4 is 92.0 Å². The van der Waals surface area contributed by atoms with Crippen LogP contribution in [0, 0.1) is 0 Å². The van der Waals surface area contributed by atoms with Gasteiger partial charge in [-0.25, -0.2) is 4.98 Å². The zero-order valence-electron chi connectivity index (χ0n) is 28.5. The summed E-state index contributed by atoms with van der Waals surface area (Å²) in [5.41, 5.74) is 8.39. The summed E-state index contributed by atoms with van der Waals surface area (Å²) >= 11 is 1.86. The third-order valence-electron chi connectivity index (χ3n) is 10.4. The zero-order chi connectivity index (χ0) is 34.9. The van der Waals surface area contributed by atoms with E-state index in [9.17, 15) is 0 Å². The van der Waals surface area contributed by atoms with E-state index >= 15 is 0 Å². The van der Waals surface area contributed by atoms with E-state index in [2.05, 4.69) is 157 Å². The Hall–Kier alpha value is -6.75. The molecule has 0 aliphatic heterocycles. The van der Waals surface area contributed by atoms with Gasteiger partial charge < -0.3 is 9.32 Å². The van der Waals surface area contributed by atoms with E-state index < -0.39 is 0 Å². The van der Waals surface area contributed by atoms with Crippen LogP contribution in [0.2, 0.25) is 0 Å². The quantitative estimate of drug-likeness (QED) is 0.168. The van der Waals surface area contributed by atoms with Gasteiger partial charge in [-0.1, -0.05) is 109 Å². The fraction of sp³-hybridized carbons (Fsp3) is 0. The summed E-state index contributed by atoms with van der Waals surface area (Å²) in [7, 11) is 0. The second kappa shape index (κ2) is 11.9. The normalized spacial score (nSPS) is 11.8. The number of oxazole rings is 1. The number of fused-ring (bicyclic) bond motifs is 9. The summed E-state index contributed by atoms with van der Waals surface area (Å²) in [6, 6.07) is 65.2. The predicted octanol–water partition coefficient (Wildman–Crippen LogP) is 14.5. The van der Waals surface area contributed by atoms with E-state index in [1.54, 1.807) is 0 Å². The first-order chi connectivity index (χ1) is 26.2. The van der Waals surface area contributed by atoms with Crippen LogP contribution >= 0.6 is 11.3 Å². The third kappa shape index (κ3) is 4.91. The van der Waals surface area contributed by atoms with Gasteiger partial charge >= 0.3 is 0 Å². The Morgan fingerprint density at radius 1 is 0.434 bits per heavy atom. The highest BCUT2D eigenvalue weighted by Gasteiger charge is 2.19. The van der Waals surface area contributed by atoms with Crippen LogP contribution in [0.5, 0.6) is 0 Å². The molecule has 0 amide bonds. The molecule has 2 aromatic heterocycles. The largest absolute Gasteiger partial charge is 0.435 e. The summed E-state index contributed by atoms with van der Waals surface area (Å²) < 4.78 is 9.14. The molecular formula is C49H30N2OS. The van der Waals surface area contributed by atoms with Crippen LogP contribution in [0.25, 0.3) is 86.2 Å². The molecular weight excluding hydrogens is 665 g/mol. The number of thiophene rings is 1. The first-order valence-electron chi connectivity index (χ1n) is 17.9. The number of nitrogens with zero attached hydrogens (tertiary/aromatic N) is 2. The molecule has 0 unspecified atom stereocenters. The molecule has 0 radical (unpaired) electrons. The van der Waals surface area contributed by atoms with E-state index in [4.69, 9.17) is 9.40 Å². The van der Waals surface area contributed by atoms with Gasteiger partial charge in [0, 0.05) is 48.2 Å². The lowest BCUT2D eigenvalue weighted by atomic mass is 9.97. The molecule has 0 saturated carbocycles. The molecule has 248 valence electrons. The summed E-state index contributed by atoms with van der Waals surface area (Å²) in [5, 5.41) is 9.53. The predicted molar refractivity (Wildman–Crippen MR) is 225 cm³/mol. The molecule has 11 rings (SSSR count). The molecule has 0 atom stereocenters. The van der Waals surface area contributed by atoms with Gasteiger partial charge in [0.1, 0.15) is 5.52 Å². The fourth-order valence-electron chi connectivity index (χ4n) is 7.93. The van der Waals surface area contributed by atoms with Gasteiger partial charge in [-0.2, -0.15) is 0 Å². The Balaban J connectivity index is 1.12. The van der Waals surface area contributed by atoms with Crippen molar-refractivity contribution in [2.45, 2.75) is 0 Å². The molecule has 9 aromatic carbocycles. The minimum atomic E-state index is 0.631. The lowest BCUT2D eigenvalue weighted by Gasteiger charge is -2.26. The van der Waals surface area contributed by atoms with Gasteiger partial charge in [0.2, 0.25) is 5.89 Å². The lowest BCUT2D eigenvalue weighted by molar-refractivity contribution is 0.623. The van der Waals surface area contributed by atoms with Gasteiger partial charge in [0.25, 0.3) is 0 Å². The highest BCUT2D eigenvalue weighted by Crippen LogP contribution is 2.45. The maximum atomic E-state index is 6.57. The minimum Gasteiger partial charge on any atom is -0.435 e. The highest BCUT2D eigenvalue weighted by atomic mass is 32.1. The fourth-order valence-corrected chi connectivity index (χ4v) is 9.04. The van der Waals surface area contributed by atoms with Crippen molar-refractivity contribution in [3.8, 4) is 22.6 Å². The van der Waals surface area contributed by atoms with Crippen molar-refractivity contribution in [2.75, 3.05) is 4.90 Å². The number of anilines is 3. The summed E-state index contributed by atoms with van der Waals surface area (Å²) in [6.07, 6.45) is 0. The number of aromatic nitrogens is 1. The molecule has 53 heavy (non-hydrogen) atoms. The SMILES string of the molecule is c1ccc(-c2nc3ccc4ccc5ccc(N(c6ccccc6)c6ccc7sc8cccc(-c9ccc%10ccccc%10c9)c8c7c6)cc5c4c3o2)cc1. The van der Waals surface area contributed by atoms with E-state index in [1.807, 2.05) is 41.7 Å². The topological polar surface area (TPSA) is 29.3 Å². The van der Waals surface area contributed by atoms with Crippen LogP contribution < -0.4 is 4.90 Å². The van der Waals surface area contributed by atoms with Crippen molar-refractivity contribution in [1.29, 1.82) is 0 Å². The van der Waals surface area contributed by atoms with Crippen molar-refractivity contribution in [3.63, 3.8) is 0 Å². The van der Waals surface area contributed by atoms with Crippen LogP contribution in [0.1, 0.15) is 0 Å². The van der Waals surface area contributed by atoms with E-state index in [-0.39, 0.29) is 0 Å². The summed E-state index contributed by atoms with van der Waals surface area (Å²) in [4.78, 5) is 7.28. The Labute approximate surface area is 309 Å². The summed E-state index contributed by atoms with van der Waals surface area (Å²) in [6.45, 7) is 0. The molecule has 0 fully saturated rings. The van der Waals surface area contributed by atoms with E-state index in [1.165, 1.54) is 42.1 Å². The molecule has 2 heterocycles. The van der Waals surface area contributed by atoms with Crippen LogP contribution in [0.15, 0.2) is 186 Å². The Kier molecular flexibility index (Phi) is 6.73. The Bertz CT molecular complexity index is 3180. The number of para-hydroxylation sites is 1. The molecule has 0 aliphatic carbocycles. The molecule has 0 aliphatic rings. The first kappa shape index (κ1) is 29.9. The minimum absolute atomic E-state index is 0.631. The second-order valence-corrected chi connectivity index (χ2v) is 14.6. The van der Waals surface area contributed by atoms with Crippen LogP contribution in [0.3, 0.4) is 0 Å². The van der Waals surface area contributed by atoms with Gasteiger partial charge in [0.05, 0.1) is 0 Å². The maximum absolute atomic E-state index is 6.57. The van der Waals surface area contributed by atoms with Crippen molar-refractivity contribution in [2.24, 2.45) is 0 Å². The third-order valence-corrected chi connectivity index (χ3v) is 11.6. The number of hydrogen-bond donors (Lipinski definition) is 0.